The molecule has 6 heteroatoms. The topological polar surface area (TPSA) is 43.8 Å². The van der Waals surface area contributed by atoms with Gasteiger partial charge < -0.3 is 5.73 Å². The predicted octanol–water partition coefficient (Wildman–Crippen LogP) is 1.34. The fraction of sp³-hybridized carbons (Fsp3) is 0.571. The molecule has 0 aliphatic rings. The first-order valence-corrected chi connectivity index (χ1v) is 3.81. The van der Waals surface area contributed by atoms with Crippen molar-refractivity contribution in [2.75, 3.05) is 6.54 Å². The van der Waals surface area contributed by atoms with E-state index in [0.717, 1.165) is 4.68 Å². The first kappa shape index (κ1) is 10.0. The maximum absolute atomic E-state index is 12.4. The zero-order chi connectivity index (χ0) is 9.90. The van der Waals surface area contributed by atoms with Crippen LogP contribution in [0.2, 0.25) is 0 Å². The molecule has 1 atom stereocenters. The minimum absolute atomic E-state index is 0.00988. The van der Waals surface area contributed by atoms with Gasteiger partial charge in [0.2, 0.25) is 0 Å². The average Bonchev–Trinajstić information content (AvgIpc) is 2.49. The van der Waals surface area contributed by atoms with E-state index >= 15 is 0 Å². The molecule has 2 N–H and O–H groups in total. The first-order valence-electron chi connectivity index (χ1n) is 3.81. The van der Waals surface area contributed by atoms with E-state index in [1.54, 1.807) is 0 Å². The smallest absolute Gasteiger partial charge is 0.330 e. The molecule has 0 saturated heterocycles. The number of hydrogen-bond acceptors (Lipinski definition) is 2. The number of nitrogens with two attached hydrogens (primary N) is 1. The number of rotatable bonds is 3. The van der Waals surface area contributed by atoms with E-state index in [2.05, 4.69) is 5.10 Å². The number of nitrogens with zero attached hydrogens (tertiary/aromatic N) is 2. The largest absolute Gasteiger partial charge is 0.410 e. The van der Waals surface area contributed by atoms with Crippen LogP contribution in [0.3, 0.4) is 0 Å². The van der Waals surface area contributed by atoms with E-state index < -0.39 is 12.2 Å². The van der Waals surface area contributed by atoms with Crippen molar-refractivity contribution >= 4 is 0 Å². The van der Waals surface area contributed by atoms with Crippen LogP contribution in [0.4, 0.5) is 13.2 Å². The Balaban J connectivity index is 2.81. The lowest BCUT2D eigenvalue weighted by atomic mass is 10.2. The van der Waals surface area contributed by atoms with Crippen LogP contribution in [0.5, 0.6) is 0 Å². The molecule has 1 aromatic heterocycles. The van der Waals surface area contributed by atoms with Crippen LogP contribution in [-0.2, 0) is 0 Å². The van der Waals surface area contributed by atoms with Crippen LogP contribution in [0.15, 0.2) is 18.5 Å². The quantitative estimate of drug-likeness (QED) is 0.787. The van der Waals surface area contributed by atoms with Crippen LogP contribution in [-0.4, -0.2) is 22.5 Å². The summed E-state index contributed by atoms with van der Waals surface area (Å²) in [5.74, 6) is 0. The molecule has 0 aliphatic heterocycles. The van der Waals surface area contributed by atoms with Crippen molar-refractivity contribution in [1.82, 2.24) is 9.78 Å². The zero-order valence-corrected chi connectivity index (χ0v) is 6.83. The van der Waals surface area contributed by atoms with Gasteiger partial charge >= 0.3 is 6.18 Å². The standard InChI is InChI=1S/C7H10F3N3/c8-7(9,10)6(2-3-11)13-5-1-4-12-13/h1,4-6H,2-3,11H2. The van der Waals surface area contributed by atoms with Crippen LogP contribution >= 0.6 is 0 Å². The lowest BCUT2D eigenvalue weighted by Gasteiger charge is -2.19. The van der Waals surface area contributed by atoms with Gasteiger partial charge in [0.1, 0.15) is 6.04 Å². The Morgan fingerprint density at radius 3 is 2.54 bits per heavy atom. The van der Waals surface area contributed by atoms with E-state index in [0.29, 0.717) is 0 Å². The van der Waals surface area contributed by atoms with Gasteiger partial charge in [0.15, 0.2) is 0 Å². The molecule has 74 valence electrons. The molecule has 1 aromatic rings. The third-order valence-electron chi connectivity index (χ3n) is 1.66. The van der Waals surface area contributed by atoms with Gasteiger partial charge in [-0.25, -0.2) is 0 Å². The van der Waals surface area contributed by atoms with Crippen molar-refractivity contribution in [3.63, 3.8) is 0 Å². The van der Waals surface area contributed by atoms with Gasteiger partial charge in [-0.3, -0.25) is 4.68 Å². The van der Waals surface area contributed by atoms with E-state index in [9.17, 15) is 13.2 Å². The molecule has 0 amide bonds. The molecule has 0 aliphatic carbocycles. The van der Waals surface area contributed by atoms with Gasteiger partial charge in [0.25, 0.3) is 0 Å². The molecular weight excluding hydrogens is 183 g/mol. The van der Waals surface area contributed by atoms with Gasteiger partial charge in [-0.15, -0.1) is 0 Å². The van der Waals surface area contributed by atoms with Crippen molar-refractivity contribution in [2.45, 2.75) is 18.6 Å². The summed E-state index contributed by atoms with van der Waals surface area (Å²) in [5.41, 5.74) is 5.09. The highest BCUT2D eigenvalue weighted by Gasteiger charge is 2.40. The summed E-state index contributed by atoms with van der Waals surface area (Å²) in [6.07, 6.45) is -1.83. The normalized spacial score (nSPS) is 14.5. The second-order valence-corrected chi connectivity index (χ2v) is 2.62. The third kappa shape index (κ3) is 2.45. The van der Waals surface area contributed by atoms with Crippen LogP contribution in [0, 0.1) is 0 Å². The monoisotopic (exact) mass is 193 g/mol. The summed E-state index contributed by atoms with van der Waals surface area (Å²) in [6, 6.07) is -0.151. The number of halogens is 3. The van der Waals surface area contributed by atoms with Crippen LogP contribution < -0.4 is 5.73 Å². The molecule has 1 heterocycles. The maximum atomic E-state index is 12.4. The fourth-order valence-corrected chi connectivity index (χ4v) is 1.07. The van der Waals surface area contributed by atoms with Crippen molar-refractivity contribution in [2.24, 2.45) is 5.73 Å². The van der Waals surface area contributed by atoms with Gasteiger partial charge in [-0.05, 0) is 19.0 Å². The second-order valence-electron chi connectivity index (χ2n) is 2.62. The number of hydrogen-bond donors (Lipinski definition) is 1. The molecule has 0 saturated carbocycles. The zero-order valence-electron chi connectivity index (χ0n) is 6.83. The van der Waals surface area contributed by atoms with Crippen LogP contribution in [0.25, 0.3) is 0 Å². The number of aromatic nitrogens is 2. The van der Waals surface area contributed by atoms with Gasteiger partial charge in [-0.1, -0.05) is 0 Å². The molecular formula is C7H10F3N3. The maximum Gasteiger partial charge on any atom is 0.410 e. The molecule has 0 aromatic carbocycles. The second kappa shape index (κ2) is 3.78. The minimum Gasteiger partial charge on any atom is -0.330 e. The Bertz CT molecular complexity index is 242. The van der Waals surface area contributed by atoms with Crippen molar-refractivity contribution < 1.29 is 13.2 Å². The molecule has 0 fully saturated rings. The lowest BCUT2D eigenvalue weighted by molar-refractivity contribution is -0.171. The van der Waals surface area contributed by atoms with E-state index in [1.807, 2.05) is 0 Å². The minimum atomic E-state index is -4.29. The van der Waals surface area contributed by atoms with E-state index in [1.165, 1.54) is 18.5 Å². The predicted molar refractivity (Wildman–Crippen MR) is 41.0 cm³/mol. The van der Waals surface area contributed by atoms with Crippen LogP contribution in [0.1, 0.15) is 12.5 Å². The SMILES string of the molecule is NCCC(n1cccn1)C(F)(F)F. The summed E-state index contributed by atoms with van der Waals surface area (Å²) in [4.78, 5) is 0. The summed E-state index contributed by atoms with van der Waals surface area (Å²) in [5, 5.41) is 3.54. The Morgan fingerprint density at radius 2 is 2.15 bits per heavy atom. The summed E-state index contributed by atoms with van der Waals surface area (Å²) in [6.45, 7) is -0.00988. The summed E-state index contributed by atoms with van der Waals surface area (Å²) < 4.78 is 37.9. The lowest BCUT2D eigenvalue weighted by Crippen LogP contribution is -2.29. The van der Waals surface area contributed by atoms with E-state index in [-0.39, 0.29) is 13.0 Å². The Hall–Kier alpha value is -1.04. The van der Waals surface area contributed by atoms with Crippen molar-refractivity contribution in [3.8, 4) is 0 Å². The van der Waals surface area contributed by atoms with Gasteiger partial charge in [0.05, 0.1) is 0 Å². The van der Waals surface area contributed by atoms with E-state index in [4.69, 9.17) is 5.73 Å². The Labute approximate surface area is 73.3 Å². The molecule has 1 unspecified atom stereocenters. The third-order valence-corrected chi connectivity index (χ3v) is 1.66. The molecule has 1 rings (SSSR count). The molecule has 0 spiro atoms. The fourth-order valence-electron chi connectivity index (χ4n) is 1.07. The Morgan fingerprint density at radius 1 is 1.46 bits per heavy atom. The molecule has 0 radical (unpaired) electrons. The highest BCUT2D eigenvalue weighted by molar-refractivity contribution is 4.84. The first-order chi connectivity index (χ1) is 6.05. The van der Waals surface area contributed by atoms with Gasteiger partial charge in [0, 0.05) is 12.4 Å². The molecule has 3 nitrogen and oxygen atoms in total. The van der Waals surface area contributed by atoms with Crippen molar-refractivity contribution in [1.29, 1.82) is 0 Å². The summed E-state index contributed by atoms with van der Waals surface area (Å²) in [7, 11) is 0. The average molecular weight is 193 g/mol. The Kier molecular flexibility index (Phi) is 2.92. The highest BCUT2D eigenvalue weighted by Crippen LogP contribution is 2.31. The molecule has 13 heavy (non-hydrogen) atoms. The van der Waals surface area contributed by atoms with Gasteiger partial charge in [-0.2, -0.15) is 18.3 Å². The summed E-state index contributed by atoms with van der Waals surface area (Å²) >= 11 is 0. The highest BCUT2D eigenvalue weighted by atomic mass is 19.4. The number of alkyl halides is 3. The molecule has 0 bridgehead atoms. The van der Waals surface area contributed by atoms with Crippen molar-refractivity contribution in [3.05, 3.63) is 18.5 Å².